The van der Waals surface area contributed by atoms with Gasteiger partial charge in [0.1, 0.15) is 12.6 Å². The molecule has 6 nitrogen and oxygen atoms in total. The van der Waals surface area contributed by atoms with Crippen molar-refractivity contribution in [1.82, 2.24) is 9.80 Å². The standard InChI is InChI=1S/C18H23N3O3/c1-13-8-6-7-11-19(13)16(22)12-20-17(23)14(2)21(18(20)24)15-9-4-3-5-10-15/h3-5,9-10,13-14H,6-8,11-12H2,1-2H3/t13-,14+/m1/s1. The molecule has 0 saturated carbocycles. The number of benzene rings is 1. The first-order valence-electron chi connectivity index (χ1n) is 8.50. The van der Waals surface area contributed by atoms with Crippen LogP contribution in [0.1, 0.15) is 33.1 Å². The Kier molecular flexibility index (Phi) is 4.55. The Hall–Kier alpha value is -2.37. The molecule has 4 amide bonds. The molecule has 2 aliphatic rings. The highest BCUT2D eigenvalue weighted by molar-refractivity contribution is 6.15. The first-order chi connectivity index (χ1) is 11.5. The summed E-state index contributed by atoms with van der Waals surface area (Å²) in [6, 6.07) is 8.24. The van der Waals surface area contributed by atoms with Crippen LogP contribution in [-0.4, -0.2) is 52.8 Å². The maximum absolute atomic E-state index is 12.7. The van der Waals surface area contributed by atoms with Crippen molar-refractivity contribution in [3.05, 3.63) is 30.3 Å². The Labute approximate surface area is 142 Å². The van der Waals surface area contributed by atoms with E-state index in [-0.39, 0.29) is 24.4 Å². The third-order valence-electron chi connectivity index (χ3n) is 4.90. The number of rotatable bonds is 3. The lowest BCUT2D eigenvalue weighted by molar-refractivity contribution is -0.139. The van der Waals surface area contributed by atoms with Crippen molar-refractivity contribution in [3.8, 4) is 0 Å². The van der Waals surface area contributed by atoms with E-state index in [1.807, 2.05) is 25.1 Å². The number of anilines is 1. The van der Waals surface area contributed by atoms with Gasteiger partial charge in [0.05, 0.1) is 0 Å². The van der Waals surface area contributed by atoms with Gasteiger partial charge in [-0.1, -0.05) is 18.2 Å². The largest absolute Gasteiger partial charge is 0.338 e. The molecule has 2 heterocycles. The van der Waals surface area contributed by atoms with E-state index in [0.29, 0.717) is 12.2 Å². The Morgan fingerprint density at radius 3 is 2.50 bits per heavy atom. The summed E-state index contributed by atoms with van der Waals surface area (Å²) in [5.41, 5.74) is 0.671. The van der Waals surface area contributed by atoms with Crippen LogP contribution in [0.3, 0.4) is 0 Å². The summed E-state index contributed by atoms with van der Waals surface area (Å²) in [6.45, 7) is 4.24. The van der Waals surface area contributed by atoms with Crippen molar-refractivity contribution in [3.63, 3.8) is 0 Å². The molecule has 2 atom stereocenters. The van der Waals surface area contributed by atoms with Gasteiger partial charge in [-0.15, -0.1) is 0 Å². The topological polar surface area (TPSA) is 60.9 Å². The number of amides is 4. The number of urea groups is 1. The Morgan fingerprint density at radius 1 is 1.12 bits per heavy atom. The summed E-state index contributed by atoms with van der Waals surface area (Å²) < 4.78 is 0. The normalized spacial score (nSPS) is 24.7. The van der Waals surface area contributed by atoms with Crippen molar-refractivity contribution >= 4 is 23.5 Å². The average molecular weight is 329 g/mol. The summed E-state index contributed by atoms with van der Waals surface area (Å²) in [5.74, 6) is -0.465. The molecule has 128 valence electrons. The quantitative estimate of drug-likeness (QED) is 0.799. The zero-order valence-corrected chi connectivity index (χ0v) is 14.1. The lowest BCUT2D eigenvalue weighted by Crippen LogP contribution is -2.48. The minimum atomic E-state index is -0.591. The average Bonchev–Trinajstić information content (AvgIpc) is 2.79. The second-order valence-corrected chi connectivity index (χ2v) is 6.52. The summed E-state index contributed by atoms with van der Waals surface area (Å²) in [7, 11) is 0. The number of nitrogens with zero attached hydrogens (tertiary/aromatic N) is 3. The SMILES string of the molecule is C[C@@H]1CCCCN1C(=O)CN1C(=O)[C@H](C)N(c2ccccc2)C1=O. The van der Waals surface area contributed by atoms with Crippen molar-refractivity contribution in [1.29, 1.82) is 0 Å². The highest BCUT2D eigenvalue weighted by Gasteiger charge is 2.44. The number of para-hydroxylation sites is 1. The molecule has 0 aromatic heterocycles. The molecule has 2 saturated heterocycles. The van der Waals surface area contributed by atoms with Gasteiger partial charge in [-0.2, -0.15) is 0 Å². The second kappa shape index (κ2) is 6.63. The molecule has 1 aromatic carbocycles. The van der Waals surface area contributed by atoms with Crippen LogP contribution in [0.15, 0.2) is 30.3 Å². The first-order valence-corrected chi connectivity index (χ1v) is 8.50. The highest BCUT2D eigenvalue weighted by Crippen LogP contribution is 2.26. The molecule has 3 rings (SSSR count). The molecule has 0 aliphatic carbocycles. The predicted molar refractivity (Wildman–Crippen MR) is 90.5 cm³/mol. The first kappa shape index (κ1) is 16.5. The van der Waals surface area contributed by atoms with Crippen LogP contribution in [0.4, 0.5) is 10.5 Å². The summed E-state index contributed by atoms with van der Waals surface area (Å²) >= 11 is 0. The fourth-order valence-electron chi connectivity index (χ4n) is 3.49. The molecule has 0 bridgehead atoms. The van der Waals surface area contributed by atoms with Crippen molar-refractivity contribution in [2.45, 2.75) is 45.2 Å². The molecule has 24 heavy (non-hydrogen) atoms. The van der Waals surface area contributed by atoms with Gasteiger partial charge in [0.25, 0.3) is 5.91 Å². The number of piperidine rings is 1. The van der Waals surface area contributed by atoms with E-state index in [1.54, 1.807) is 24.0 Å². The Balaban J connectivity index is 1.75. The number of imide groups is 1. The Morgan fingerprint density at radius 2 is 1.83 bits per heavy atom. The van der Waals surface area contributed by atoms with Gasteiger partial charge in [0.2, 0.25) is 5.91 Å². The lowest BCUT2D eigenvalue weighted by Gasteiger charge is -2.34. The van der Waals surface area contributed by atoms with E-state index in [2.05, 4.69) is 0 Å². The van der Waals surface area contributed by atoms with Crippen LogP contribution >= 0.6 is 0 Å². The summed E-state index contributed by atoms with van der Waals surface area (Å²) in [4.78, 5) is 42.1. The number of likely N-dealkylation sites (tertiary alicyclic amines) is 1. The van der Waals surface area contributed by atoms with Crippen LogP contribution in [0.5, 0.6) is 0 Å². The molecular formula is C18H23N3O3. The van der Waals surface area contributed by atoms with Gasteiger partial charge in [0, 0.05) is 18.3 Å². The smallest absolute Gasteiger partial charge is 0.332 e. The van der Waals surface area contributed by atoms with Gasteiger partial charge in [-0.05, 0) is 45.2 Å². The minimum Gasteiger partial charge on any atom is -0.338 e. The fraction of sp³-hybridized carbons (Fsp3) is 0.500. The molecule has 6 heteroatoms. The molecule has 2 fully saturated rings. The van der Waals surface area contributed by atoms with Gasteiger partial charge < -0.3 is 4.90 Å². The predicted octanol–water partition coefficient (Wildman–Crippen LogP) is 2.24. The summed E-state index contributed by atoms with van der Waals surface area (Å²) in [6.07, 6.45) is 3.07. The zero-order valence-electron chi connectivity index (χ0n) is 14.1. The van der Waals surface area contributed by atoms with Crippen LogP contribution in [-0.2, 0) is 9.59 Å². The van der Waals surface area contributed by atoms with Gasteiger partial charge in [-0.25, -0.2) is 4.79 Å². The monoisotopic (exact) mass is 329 g/mol. The van der Waals surface area contributed by atoms with E-state index >= 15 is 0 Å². The van der Waals surface area contributed by atoms with E-state index in [1.165, 1.54) is 4.90 Å². The van der Waals surface area contributed by atoms with Crippen molar-refractivity contribution in [2.75, 3.05) is 18.0 Å². The molecule has 0 spiro atoms. The number of carbonyl (C=O) groups is 3. The van der Waals surface area contributed by atoms with Crippen molar-refractivity contribution < 1.29 is 14.4 Å². The third-order valence-corrected chi connectivity index (χ3v) is 4.90. The number of carbonyl (C=O) groups excluding carboxylic acids is 3. The highest BCUT2D eigenvalue weighted by atomic mass is 16.2. The maximum Gasteiger partial charge on any atom is 0.332 e. The second-order valence-electron chi connectivity index (χ2n) is 6.52. The molecule has 0 unspecified atom stereocenters. The number of hydrogen-bond donors (Lipinski definition) is 0. The van der Waals surface area contributed by atoms with E-state index in [0.717, 1.165) is 24.2 Å². The van der Waals surface area contributed by atoms with Crippen LogP contribution < -0.4 is 4.90 Å². The van der Waals surface area contributed by atoms with Crippen molar-refractivity contribution in [2.24, 2.45) is 0 Å². The summed E-state index contributed by atoms with van der Waals surface area (Å²) in [5, 5.41) is 0. The molecule has 1 aromatic rings. The van der Waals surface area contributed by atoms with Crippen LogP contribution in [0.25, 0.3) is 0 Å². The van der Waals surface area contributed by atoms with E-state index in [4.69, 9.17) is 0 Å². The van der Waals surface area contributed by atoms with Gasteiger partial charge in [-0.3, -0.25) is 19.4 Å². The van der Waals surface area contributed by atoms with Gasteiger partial charge in [0.15, 0.2) is 0 Å². The fourth-order valence-corrected chi connectivity index (χ4v) is 3.49. The number of hydrogen-bond acceptors (Lipinski definition) is 3. The molecule has 0 radical (unpaired) electrons. The van der Waals surface area contributed by atoms with E-state index in [9.17, 15) is 14.4 Å². The lowest BCUT2D eigenvalue weighted by atomic mass is 10.0. The Bertz CT molecular complexity index is 646. The van der Waals surface area contributed by atoms with Gasteiger partial charge >= 0.3 is 6.03 Å². The minimum absolute atomic E-state index is 0.147. The van der Waals surface area contributed by atoms with Crippen LogP contribution in [0.2, 0.25) is 0 Å². The third kappa shape index (κ3) is 2.88. The molecular weight excluding hydrogens is 306 g/mol. The van der Waals surface area contributed by atoms with E-state index < -0.39 is 12.1 Å². The molecule has 2 aliphatic heterocycles. The molecule has 0 N–H and O–H groups in total. The zero-order chi connectivity index (χ0) is 17.3. The maximum atomic E-state index is 12.7. The van der Waals surface area contributed by atoms with Crippen LogP contribution in [0, 0.1) is 0 Å².